The summed E-state index contributed by atoms with van der Waals surface area (Å²) in [6.45, 7) is 5.02. The SMILES string of the molecule is CC[C@@H](C)NC(=O)[C@@H](CC)N(Cc1c(Cl)cccc1Cl)C(=O)CN(c1ccccc1)S(=O)(=O)c1ccccc1. The van der Waals surface area contributed by atoms with Crippen LogP contribution >= 0.6 is 23.2 Å². The smallest absolute Gasteiger partial charge is 0.264 e. The van der Waals surface area contributed by atoms with Gasteiger partial charge in [0.1, 0.15) is 12.6 Å². The summed E-state index contributed by atoms with van der Waals surface area (Å²) in [6.07, 6.45) is 1.01. The molecular weight excluding hydrogens is 557 g/mol. The van der Waals surface area contributed by atoms with Crippen molar-refractivity contribution < 1.29 is 18.0 Å². The van der Waals surface area contributed by atoms with Crippen LogP contribution < -0.4 is 9.62 Å². The van der Waals surface area contributed by atoms with Crippen molar-refractivity contribution in [3.63, 3.8) is 0 Å². The number of para-hydroxylation sites is 1. The molecule has 3 rings (SSSR count). The maximum atomic E-state index is 14.0. The minimum atomic E-state index is -4.11. The minimum absolute atomic E-state index is 0.0453. The fourth-order valence-corrected chi connectivity index (χ4v) is 6.01. The number of carbonyl (C=O) groups is 2. The maximum Gasteiger partial charge on any atom is 0.264 e. The van der Waals surface area contributed by atoms with E-state index in [9.17, 15) is 18.0 Å². The highest BCUT2D eigenvalue weighted by atomic mass is 35.5. The van der Waals surface area contributed by atoms with E-state index in [0.717, 1.165) is 4.31 Å². The molecule has 0 fully saturated rings. The van der Waals surface area contributed by atoms with Gasteiger partial charge in [-0.1, -0.05) is 79.5 Å². The highest BCUT2D eigenvalue weighted by Crippen LogP contribution is 2.28. The molecule has 39 heavy (non-hydrogen) atoms. The lowest BCUT2D eigenvalue weighted by Crippen LogP contribution is -2.53. The maximum absolute atomic E-state index is 14.0. The molecule has 0 aliphatic carbocycles. The van der Waals surface area contributed by atoms with Crippen LogP contribution in [0.25, 0.3) is 0 Å². The molecule has 0 spiro atoms. The molecule has 0 radical (unpaired) electrons. The van der Waals surface area contributed by atoms with Gasteiger partial charge in [0.25, 0.3) is 10.0 Å². The van der Waals surface area contributed by atoms with E-state index >= 15 is 0 Å². The number of sulfonamides is 1. The molecule has 0 saturated carbocycles. The van der Waals surface area contributed by atoms with Gasteiger partial charge in [0.2, 0.25) is 11.8 Å². The van der Waals surface area contributed by atoms with Crippen molar-refractivity contribution in [1.82, 2.24) is 10.2 Å². The summed E-state index contributed by atoms with van der Waals surface area (Å²) in [5.41, 5.74) is 0.795. The van der Waals surface area contributed by atoms with Crippen LogP contribution in [0.5, 0.6) is 0 Å². The molecule has 0 aliphatic heterocycles. The van der Waals surface area contributed by atoms with Crippen molar-refractivity contribution >= 4 is 50.7 Å². The Labute approximate surface area is 240 Å². The molecule has 7 nitrogen and oxygen atoms in total. The van der Waals surface area contributed by atoms with Gasteiger partial charge in [-0.15, -0.1) is 0 Å². The molecular formula is C29H33Cl2N3O4S. The van der Waals surface area contributed by atoms with E-state index in [2.05, 4.69) is 5.32 Å². The van der Waals surface area contributed by atoms with Crippen molar-refractivity contribution in [2.24, 2.45) is 0 Å². The number of rotatable bonds is 12. The Morgan fingerprint density at radius 2 is 1.41 bits per heavy atom. The van der Waals surface area contributed by atoms with Crippen LogP contribution in [0, 0.1) is 0 Å². The zero-order valence-corrected chi connectivity index (χ0v) is 24.5. The minimum Gasteiger partial charge on any atom is -0.352 e. The van der Waals surface area contributed by atoms with Crippen LogP contribution in [0.4, 0.5) is 5.69 Å². The molecule has 1 N–H and O–H groups in total. The number of benzene rings is 3. The fourth-order valence-electron chi connectivity index (χ4n) is 4.06. The first-order valence-corrected chi connectivity index (χ1v) is 14.9. The Hall–Kier alpha value is -3.07. The van der Waals surface area contributed by atoms with Gasteiger partial charge in [0.05, 0.1) is 10.6 Å². The summed E-state index contributed by atoms with van der Waals surface area (Å²) in [5, 5.41) is 3.63. The third kappa shape index (κ3) is 7.53. The van der Waals surface area contributed by atoms with E-state index in [4.69, 9.17) is 23.2 Å². The monoisotopic (exact) mass is 589 g/mol. The molecule has 3 aromatic rings. The lowest BCUT2D eigenvalue weighted by molar-refractivity contribution is -0.140. The quantitative estimate of drug-likeness (QED) is 0.284. The zero-order chi connectivity index (χ0) is 28.6. The van der Waals surface area contributed by atoms with E-state index in [1.165, 1.54) is 17.0 Å². The van der Waals surface area contributed by atoms with Gasteiger partial charge >= 0.3 is 0 Å². The molecule has 0 aromatic heterocycles. The van der Waals surface area contributed by atoms with E-state index in [1.54, 1.807) is 73.7 Å². The molecule has 0 saturated heterocycles. The summed E-state index contributed by atoms with van der Waals surface area (Å²) in [4.78, 5) is 28.8. The van der Waals surface area contributed by atoms with Crippen LogP contribution in [0.3, 0.4) is 0 Å². The Morgan fingerprint density at radius 1 is 0.846 bits per heavy atom. The third-order valence-corrected chi connectivity index (χ3v) is 8.93. The van der Waals surface area contributed by atoms with Gasteiger partial charge in [0.15, 0.2) is 0 Å². The number of halogens is 2. The van der Waals surface area contributed by atoms with E-state index < -0.39 is 28.5 Å². The van der Waals surface area contributed by atoms with Gasteiger partial charge in [0, 0.05) is 28.2 Å². The van der Waals surface area contributed by atoms with Gasteiger partial charge in [-0.2, -0.15) is 0 Å². The predicted molar refractivity (Wildman–Crippen MR) is 156 cm³/mol. The second-order valence-electron chi connectivity index (χ2n) is 9.12. The first kappa shape index (κ1) is 30.5. The van der Waals surface area contributed by atoms with Crippen LogP contribution in [0.1, 0.15) is 39.2 Å². The Morgan fingerprint density at radius 3 is 1.95 bits per heavy atom. The second kappa shape index (κ2) is 13.8. The zero-order valence-electron chi connectivity index (χ0n) is 22.2. The molecule has 208 valence electrons. The molecule has 2 atom stereocenters. The van der Waals surface area contributed by atoms with Gasteiger partial charge < -0.3 is 10.2 Å². The van der Waals surface area contributed by atoms with Crippen molar-refractivity contribution in [2.75, 3.05) is 10.8 Å². The van der Waals surface area contributed by atoms with Crippen molar-refractivity contribution in [2.45, 2.75) is 57.1 Å². The Balaban J connectivity index is 2.07. The number of hydrogen-bond acceptors (Lipinski definition) is 4. The summed E-state index contributed by atoms with van der Waals surface area (Å²) in [7, 11) is -4.11. The van der Waals surface area contributed by atoms with E-state index in [-0.39, 0.29) is 23.4 Å². The van der Waals surface area contributed by atoms with Gasteiger partial charge in [-0.3, -0.25) is 13.9 Å². The summed E-state index contributed by atoms with van der Waals surface area (Å²) >= 11 is 12.9. The van der Waals surface area contributed by atoms with Crippen LogP contribution in [0.2, 0.25) is 10.0 Å². The average molecular weight is 591 g/mol. The fraction of sp³-hybridized carbons (Fsp3) is 0.310. The van der Waals surface area contributed by atoms with Gasteiger partial charge in [-0.25, -0.2) is 8.42 Å². The first-order chi connectivity index (χ1) is 18.6. The largest absolute Gasteiger partial charge is 0.352 e. The van der Waals surface area contributed by atoms with Crippen LogP contribution in [-0.4, -0.2) is 43.8 Å². The molecule has 0 bridgehead atoms. The summed E-state index contributed by atoms with van der Waals surface area (Å²) in [5.74, 6) is -0.902. The summed E-state index contributed by atoms with van der Waals surface area (Å²) in [6, 6.07) is 20.3. The average Bonchev–Trinajstić information content (AvgIpc) is 2.93. The van der Waals surface area contributed by atoms with Crippen molar-refractivity contribution in [3.05, 3.63) is 94.5 Å². The third-order valence-electron chi connectivity index (χ3n) is 6.43. The molecule has 0 aliphatic rings. The number of nitrogens with one attached hydrogen (secondary N) is 1. The topological polar surface area (TPSA) is 86.8 Å². The molecule has 0 unspecified atom stereocenters. The Kier molecular flexibility index (Phi) is 10.8. The number of carbonyl (C=O) groups excluding carboxylic acids is 2. The summed E-state index contributed by atoms with van der Waals surface area (Å²) < 4.78 is 28.6. The number of hydrogen-bond donors (Lipinski definition) is 1. The number of anilines is 1. The van der Waals surface area contributed by atoms with Crippen LogP contribution in [0.15, 0.2) is 83.8 Å². The number of amides is 2. The molecule has 3 aromatic carbocycles. The molecule has 0 heterocycles. The Bertz CT molecular complexity index is 1350. The molecule has 2 amide bonds. The second-order valence-corrected chi connectivity index (χ2v) is 11.8. The highest BCUT2D eigenvalue weighted by Gasteiger charge is 2.34. The predicted octanol–water partition coefficient (Wildman–Crippen LogP) is 5.91. The molecule has 10 heteroatoms. The van der Waals surface area contributed by atoms with E-state index in [0.29, 0.717) is 34.1 Å². The number of nitrogens with zero attached hydrogens (tertiary/aromatic N) is 2. The highest BCUT2D eigenvalue weighted by molar-refractivity contribution is 7.92. The lowest BCUT2D eigenvalue weighted by Gasteiger charge is -2.34. The van der Waals surface area contributed by atoms with Crippen molar-refractivity contribution in [1.29, 1.82) is 0 Å². The normalized spacial score (nSPS) is 12.8. The standard InChI is InChI=1S/C29H33Cl2N3O4S/c1-4-21(3)32-29(36)27(5-2)33(19-24-25(30)17-12-18-26(24)31)28(35)20-34(22-13-8-6-9-14-22)39(37,38)23-15-10-7-11-16-23/h6-18,21,27H,4-5,19-20H2,1-3H3,(H,32,36)/t21-,27-/m1/s1. The van der Waals surface area contributed by atoms with Crippen LogP contribution in [-0.2, 0) is 26.2 Å². The van der Waals surface area contributed by atoms with Gasteiger partial charge in [-0.05, 0) is 56.2 Å². The van der Waals surface area contributed by atoms with E-state index in [1.807, 2.05) is 13.8 Å². The lowest BCUT2D eigenvalue weighted by atomic mass is 10.1. The first-order valence-electron chi connectivity index (χ1n) is 12.8. The van der Waals surface area contributed by atoms with Crippen molar-refractivity contribution in [3.8, 4) is 0 Å².